The van der Waals surface area contributed by atoms with E-state index in [2.05, 4.69) is 46.0 Å². The molecule has 18 heavy (non-hydrogen) atoms. The molecule has 0 saturated carbocycles. The Morgan fingerprint density at radius 3 is 3.11 bits per heavy atom. The number of anilines is 1. The summed E-state index contributed by atoms with van der Waals surface area (Å²) in [5.41, 5.74) is 8.34. The minimum atomic E-state index is 0.293. The summed E-state index contributed by atoms with van der Waals surface area (Å²) in [4.78, 5) is 2.43. The lowest BCUT2D eigenvalue weighted by molar-refractivity contribution is 0.0821. The zero-order valence-electron chi connectivity index (χ0n) is 10.9. The summed E-state index contributed by atoms with van der Waals surface area (Å²) < 4.78 is 6.82. The van der Waals surface area contributed by atoms with E-state index < -0.39 is 0 Å². The van der Waals surface area contributed by atoms with E-state index in [1.54, 1.807) is 0 Å². The van der Waals surface area contributed by atoms with Gasteiger partial charge in [-0.15, -0.1) is 0 Å². The summed E-state index contributed by atoms with van der Waals surface area (Å²) in [5.74, 6) is 0. The molecular weight excluding hydrogens is 292 g/mol. The van der Waals surface area contributed by atoms with Crippen LogP contribution in [0.4, 0.5) is 5.69 Å². The van der Waals surface area contributed by atoms with Gasteiger partial charge in [-0.1, -0.05) is 15.9 Å². The van der Waals surface area contributed by atoms with E-state index >= 15 is 0 Å². The number of halogens is 1. The molecule has 1 atom stereocenters. The largest absolute Gasteiger partial charge is 0.377 e. The topological polar surface area (TPSA) is 38.5 Å². The molecule has 1 heterocycles. The highest BCUT2D eigenvalue weighted by Crippen LogP contribution is 2.26. The third-order valence-corrected chi connectivity index (χ3v) is 3.74. The molecule has 2 N–H and O–H groups in total. The third-order valence-electron chi connectivity index (χ3n) is 3.25. The Morgan fingerprint density at radius 2 is 2.33 bits per heavy atom. The molecule has 0 aromatic heterocycles. The Balaban J connectivity index is 2.24. The van der Waals surface area contributed by atoms with Crippen molar-refractivity contribution in [3.05, 3.63) is 28.2 Å². The third kappa shape index (κ3) is 3.46. The Hall–Kier alpha value is -0.580. The van der Waals surface area contributed by atoms with E-state index in [9.17, 15) is 0 Å². The van der Waals surface area contributed by atoms with Gasteiger partial charge in [0.15, 0.2) is 0 Å². The SMILES string of the molecule is CC1CN(c2ccc(Br)cc2CCN)CCCO1. The normalized spacial score (nSPS) is 20.8. The molecule has 0 bridgehead atoms. The highest BCUT2D eigenvalue weighted by molar-refractivity contribution is 9.10. The average Bonchev–Trinajstić information content (AvgIpc) is 2.54. The zero-order chi connectivity index (χ0) is 13.0. The first kappa shape index (κ1) is 13.8. The van der Waals surface area contributed by atoms with Crippen molar-refractivity contribution in [3.63, 3.8) is 0 Å². The van der Waals surface area contributed by atoms with Crippen LogP contribution >= 0.6 is 15.9 Å². The van der Waals surface area contributed by atoms with E-state index in [1.807, 2.05) is 0 Å². The van der Waals surface area contributed by atoms with Gasteiger partial charge in [0.25, 0.3) is 0 Å². The van der Waals surface area contributed by atoms with E-state index in [0.717, 1.165) is 37.0 Å². The van der Waals surface area contributed by atoms with Crippen LogP contribution < -0.4 is 10.6 Å². The summed E-state index contributed by atoms with van der Waals surface area (Å²) in [6.07, 6.45) is 2.30. The molecule has 1 aromatic rings. The van der Waals surface area contributed by atoms with Crippen molar-refractivity contribution in [3.8, 4) is 0 Å². The first-order chi connectivity index (χ1) is 8.70. The highest BCUT2D eigenvalue weighted by Gasteiger charge is 2.17. The van der Waals surface area contributed by atoms with Crippen LogP contribution in [0.15, 0.2) is 22.7 Å². The summed E-state index contributed by atoms with van der Waals surface area (Å²) in [6, 6.07) is 6.47. The van der Waals surface area contributed by atoms with Gasteiger partial charge in [0, 0.05) is 29.9 Å². The van der Waals surface area contributed by atoms with E-state index in [0.29, 0.717) is 12.6 Å². The molecule has 4 heteroatoms. The molecule has 1 aromatic carbocycles. The van der Waals surface area contributed by atoms with Crippen LogP contribution in [0.5, 0.6) is 0 Å². The molecule has 1 unspecified atom stereocenters. The molecule has 1 fully saturated rings. The molecule has 0 radical (unpaired) electrons. The van der Waals surface area contributed by atoms with Gasteiger partial charge < -0.3 is 15.4 Å². The van der Waals surface area contributed by atoms with Crippen LogP contribution in [0.1, 0.15) is 18.9 Å². The summed E-state index contributed by atoms with van der Waals surface area (Å²) in [6.45, 7) is 5.70. The number of hydrogen-bond donors (Lipinski definition) is 1. The predicted molar refractivity (Wildman–Crippen MR) is 79.1 cm³/mol. The lowest BCUT2D eigenvalue weighted by Crippen LogP contribution is -2.31. The van der Waals surface area contributed by atoms with Crippen molar-refractivity contribution in [1.82, 2.24) is 0 Å². The van der Waals surface area contributed by atoms with Gasteiger partial charge in [-0.2, -0.15) is 0 Å². The van der Waals surface area contributed by atoms with Gasteiger partial charge in [-0.25, -0.2) is 0 Å². The van der Waals surface area contributed by atoms with Gasteiger partial charge >= 0.3 is 0 Å². The molecule has 1 saturated heterocycles. The van der Waals surface area contributed by atoms with Crippen LogP contribution in [0, 0.1) is 0 Å². The Morgan fingerprint density at radius 1 is 1.50 bits per heavy atom. The summed E-state index contributed by atoms with van der Waals surface area (Å²) in [5, 5.41) is 0. The van der Waals surface area contributed by atoms with Gasteiger partial charge in [-0.3, -0.25) is 0 Å². The molecule has 0 aliphatic carbocycles. The molecule has 0 amide bonds. The first-order valence-corrected chi connectivity index (χ1v) is 7.35. The number of ether oxygens (including phenoxy) is 1. The average molecular weight is 313 g/mol. The quantitative estimate of drug-likeness (QED) is 0.932. The molecule has 0 spiro atoms. The monoisotopic (exact) mass is 312 g/mol. The smallest absolute Gasteiger partial charge is 0.0721 e. The Labute approximate surface area is 117 Å². The minimum absolute atomic E-state index is 0.293. The first-order valence-electron chi connectivity index (χ1n) is 6.55. The van der Waals surface area contributed by atoms with E-state index in [1.165, 1.54) is 11.3 Å². The fraction of sp³-hybridized carbons (Fsp3) is 0.571. The maximum atomic E-state index is 5.71. The lowest BCUT2D eigenvalue weighted by atomic mass is 10.1. The van der Waals surface area contributed by atoms with Gasteiger partial charge in [0.1, 0.15) is 0 Å². The lowest BCUT2D eigenvalue weighted by Gasteiger charge is -2.27. The Kier molecular flexibility index (Phi) is 5.03. The van der Waals surface area contributed by atoms with Crippen molar-refractivity contribution in [1.29, 1.82) is 0 Å². The standard InChI is InChI=1S/C14H21BrN2O/c1-11-10-17(7-2-8-18-11)14-4-3-13(15)9-12(14)5-6-16/h3-4,9,11H,2,5-8,10,16H2,1H3. The van der Waals surface area contributed by atoms with Crippen LogP contribution in [-0.2, 0) is 11.2 Å². The van der Waals surface area contributed by atoms with E-state index in [-0.39, 0.29) is 0 Å². The number of rotatable bonds is 3. The van der Waals surface area contributed by atoms with Crippen LogP contribution in [0.3, 0.4) is 0 Å². The fourth-order valence-electron chi connectivity index (χ4n) is 2.43. The summed E-state index contributed by atoms with van der Waals surface area (Å²) in [7, 11) is 0. The second-order valence-electron chi connectivity index (χ2n) is 4.79. The fourth-order valence-corrected chi connectivity index (χ4v) is 2.84. The van der Waals surface area contributed by atoms with E-state index in [4.69, 9.17) is 10.5 Å². The Bertz CT molecular complexity index is 397. The van der Waals surface area contributed by atoms with Gasteiger partial charge in [-0.05, 0) is 50.1 Å². The molecular formula is C14H21BrN2O. The molecule has 2 rings (SSSR count). The second kappa shape index (κ2) is 6.55. The van der Waals surface area contributed by atoms with Crippen LogP contribution in [-0.4, -0.2) is 32.3 Å². The highest BCUT2D eigenvalue weighted by atomic mass is 79.9. The maximum absolute atomic E-state index is 5.71. The maximum Gasteiger partial charge on any atom is 0.0721 e. The number of hydrogen-bond acceptors (Lipinski definition) is 3. The molecule has 3 nitrogen and oxygen atoms in total. The van der Waals surface area contributed by atoms with Crippen molar-refractivity contribution >= 4 is 21.6 Å². The van der Waals surface area contributed by atoms with Gasteiger partial charge in [0.05, 0.1) is 6.10 Å². The second-order valence-corrected chi connectivity index (χ2v) is 5.71. The number of nitrogens with zero attached hydrogens (tertiary/aromatic N) is 1. The van der Waals surface area contributed by atoms with Crippen LogP contribution in [0.2, 0.25) is 0 Å². The molecule has 100 valence electrons. The minimum Gasteiger partial charge on any atom is -0.377 e. The van der Waals surface area contributed by atoms with Crippen molar-refractivity contribution < 1.29 is 4.74 Å². The molecule has 1 aliphatic heterocycles. The van der Waals surface area contributed by atoms with Crippen molar-refractivity contribution in [2.24, 2.45) is 5.73 Å². The van der Waals surface area contributed by atoms with Crippen molar-refractivity contribution in [2.45, 2.75) is 25.9 Å². The van der Waals surface area contributed by atoms with Crippen LogP contribution in [0.25, 0.3) is 0 Å². The molecule has 1 aliphatic rings. The van der Waals surface area contributed by atoms with Gasteiger partial charge in [0.2, 0.25) is 0 Å². The number of benzene rings is 1. The van der Waals surface area contributed by atoms with Crippen molar-refractivity contribution in [2.75, 3.05) is 31.1 Å². The number of nitrogens with two attached hydrogens (primary N) is 1. The summed E-state index contributed by atoms with van der Waals surface area (Å²) >= 11 is 3.53. The predicted octanol–water partition coefficient (Wildman–Crippen LogP) is 2.57. The zero-order valence-corrected chi connectivity index (χ0v) is 12.4.